The lowest BCUT2D eigenvalue weighted by molar-refractivity contribution is 0.783. The van der Waals surface area contributed by atoms with Crippen molar-refractivity contribution in [3.63, 3.8) is 0 Å². The monoisotopic (exact) mass is 373 g/mol. The van der Waals surface area contributed by atoms with Gasteiger partial charge in [0.1, 0.15) is 11.0 Å². The molecule has 0 amide bonds. The summed E-state index contributed by atoms with van der Waals surface area (Å²) in [5, 5.41) is 0.540. The summed E-state index contributed by atoms with van der Waals surface area (Å²) in [5.74, 6) is 1.10. The van der Waals surface area contributed by atoms with Gasteiger partial charge in [0.15, 0.2) is 0 Å². The molecule has 0 bridgehead atoms. The Hall–Kier alpha value is -0.750. The van der Waals surface area contributed by atoms with Gasteiger partial charge >= 0.3 is 0 Å². The fourth-order valence-corrected chi connectivity index (χ4v) is 2.68. The molecule has 0 aromatic carbocycles. The summed E-state index contributed by atoms with van der Waals surface area (Å²) >= 11 is 8.36. The van der Waals surface area contributed by atoms with Gasteiger partial charge in [-0.1, -0.05) is 25.4 Å². The second-order valence-corrected chi connectivity index (χ2v) is 5.75. The van der Waals surface area contributed by atoms with E-state index < -0.39 is 0 Å². The Kier molecular flexibility index (Phi) is 4.50. The predicted molar refractivity (Wildman–Crippen MR) is 80.9 cm³/mol. The first-order chi connectivity index (χ1) is 8.58. The maximum absolute atomic E-state index is 6.16. The van der Waals surface area contributed by atoms with E-state index >= 15 is 0 Å². The van der Waals surface area contributed by atoms with Crippen molar-refractivity contribution in [2.45, 2.75) is 26.2 Å². The van der Waals surface area contributed by atoms with E-state index in [4.69, 9.17) is 11.6 Å². The van der Waals surface area contributed by atoms with Crippen molar-refractivity contribution in [2.24, 2.45) is 0 Å². The lowest BCUT2D eigenvalue weighted by Crippen LogP contribution is -2.05. The van der Waals surface area contributed by atoms with Crippen molar-refractivity contribution >= 4 is 34.2 Å². The molecule has 2 aromatic heterocycles. The molecule has 0 aliphatic rings. The number of hydrogen-bond donors (Lipinski definition) is 0. The van der Waals surface area contributed by atoms with Gasteiger partial charge in [-0.2, -0.15) is 0 Å². The smallest absolute Gasteiger partial charge is 0.146 e. The number of rotatable bonds is 3. The summed E-state index contributed by atoms with van der Waals surface area (Å²) in [6.45, 7) is 4.22. The second-order valence-electron chi connectivity index (χ2n) is 4.32. The van der Waals surface area contributed by atoms with E-state index in [0.29, 0.717) is 17.5 Å². The highest BCUT2D eigenvalue weighted by molar-refractivity contribution is 14.1. The Morgan fingerprint density at radius 3 is 2.50 bits per heavy atom. The SMILES string of the molecule is CC(C)c1nc(Cc2ccncc2)nc(Cl)c1I. The summed E-state index contributed by atoms with van der Waals surface area (Å²) in [4.78, 5) is 12.9. The lowest BCUT2D eigenvalue weighted by atomic mass is 10.1. The maximum atomic E-state index is 6.16. The summed E-state index contributed by atoms with van der Waals surface area (Å²) in [7, 11) is 0. The van der Waals surface area contributed by atoms with Crippen LogP contribution < -0.4 is 0 Å². The molecule has 2 rings (SSSR count). The minimum atomic E-state index is 0.341. The number of aromatic nitrogens is 3. The zero-order chi connectivity index (χ0) is 13.1. The largest absolute Gasteiger partial charge is 0.265 e. The van der Waals surface area contributed by atoms with Crippen LogP contribution >= 0.6 is 34.2 Å². The molecule has 0 spiro atoms. The third kappa shape index (κ3) is 3.17. The maximum Gasteiger partial charge on any atom is 0.146 e. The molecule has 94 valence electrons. The average Bonchev–Trinajstić information content (AvgIpc) is 2.34. The molecule has 0 saturated heterocycles. The number of hydrogen-bond acceptors (Lipinski definition) is 3. The molecule has 0 unspecified atom stereocenters. The first-order valence-electron chi connectivity index (χ1n) is 5.68. The van der Waals surface area contributed by atoms with Gasteiger partial charge in [-0.25, -0.2) is 9.97 Å². The van der Waals surface area contributed by atoms with Crippen molar-refractivity contribution in [2.75, 3.05) is 0 Å². The van der Waals surface area contributed by atoms with Gasteiger partial charge in [0, 0.05) is 18.8 Å². The number of nitrogens with zero attached hydrogens (tertiary/aromatic N) is 3. The summed E-state index contributed by atoms with van der Waals surface area (Å²) in [6.07, 6.45) is 4.22. The van der Waals surface area contributed by atoms with Crippen molar-refractivity contribution in [1.82, 2.24) is 15.0 Å². The van der Waals surface area contributed by atoms with Gasteiger partial charge in [-0.05, 0) is 46.2 Å². The second kappa shape index (κ2) is 5.93. The van der Waals surface area contributed by atoms with Crippen LogP contribution in [0.4, 0.5) is 0 Å². The van der Waals surface area contributed by atoms with Crippen LogP contribution in [-0.2, 0) is 6.42 Å². The molecule has 3 nitrogen and oxygen atoms in total. The van der Waals surface area contributed by atoms with Gasteiger partial charge in [0.25, 0.3) is 0 Å². The van der Waals surface area contributed by atoms with Crippen LogP contribution in [0.5, 0.6) is 0 Å². The highest BCUT2D eigenvalue weighted by Crippen LogP contribution is 2.25. The molecule has 0 saturated carbocycles. The van der Waals surface area contributed by atoms with Gasteiger partial charge in [0.05, 0.1) is 9.26 Å². The van der Waals surface area contributed by atoms with E-state index in [9.17, 15) is 0 Å². The van der Waals surface area contributed by atoms with E-state index in [1.165, 1.54) is 0 Å². The number of halogens is 2. The molecular weight excluding hydrogens is 361 g/mol. The summed E-state index contributed by atoms with van der Waals surface area (Å²) < 4.78 is 0.947. The number of pyridine rings is 1. The van der Waals surface area contributed by atoms with Crippen LogP contribution in [0.3, 0.4) is 0 Å². The normalized spacial score (nSPS) is 10.9. The molecule has 0 radical (unpaired) electrons. The Bertz CT molecular complexity index is 543. The third-order valence-corrected chi connectivity index (χ3v) is 4.20. The molecular formula is C13H13ClIN3. The van der Waals surface area contributed by atoms with Gasteiger partial charge in [-0.3, -0.25) is 4.98 Å². The standard InChI is InChI=1S/C13H13ClIN3/c1-8(2)12-11(15)13(14)18-10(17-12)7-9-3-5-16-6-4-9/h3-6,8H,7H2,1-2H3. The van der Waals surface area contributed by atoms with Gasteiger partial charge in [-0.15, -0.1) is 0 Å². The molecule has 0 atom stereocenters. The molecule has 5 heteroatoms. The van der Waals surface area contributed by atoms with Crippen molar-refractivity contribution in [3.05, 3.63) is 50.3 Å². The fourth-order valence-electron chi connectivity index (χ4n) is 1.63. The van der Waals surface area contributed by atoms with Crippen molar-refractivity contribution < 1.29 is 0 Å². The zero-order valence-corrected chi connectivity index (χ0v) is 13.1. The summed E-state index contributed by atoms with van der Waals surface area (Å²) in [5.41, 5.74) is 2.15. The molecule has 2 heterocycles. The first-order valence-corrected chi connectivity index (χ1v) is 7.14. The van der Waals surface area contributed by atoms with E-state index in [1.54, 1.807) is 12.4 Å². The molecule has 0 N–H and O–H groups in total. The third-order valence-electron chi connectivity index (χ3n) is 2.54. The highest BCUT2D eigenvalue weighted by atomic mass is 127. The Labute approximate surface area is 125 Å². The van der Waals surface area contributed by atoms with Crippen LogP contribution in [0.25, 0.3) is 0 Å². The zero-order valence-electron chi connectivity index (χ0n) is 10.2. The van der Waals surface area contributed by atoms with E-state index in [0.717, 1.165) is 20.7 Å². The molecule has 0 fully saturated rings. The highest BCUT2D eigenvalue weighted by Gasteiger charge is 2.13. The fraction of sp³-hybridized carbons (Fsp3) is 0.308. The quantitative estimate of drug-likeness (QED) is 0.606. The van der Waals surface area contributed by atoms with Crippen LogP contribution in [0.15, 0.2) is 24.5 Å². The van der Waals surface area contributed by atoms with Crippen molar-refractivity contribution in [3.8, 4) is 0 Å². The minimum Gasteiger partial charge on any atom is -0.265 e. The Morgan fingerprint density at radius 1 is 1.22 bits per heavy atom. The first kappa shape index (κ1) is 13.7. The molecule has 0 aliphatic carbocycles. The Balaban J connectivity index is 2.35. The van der Waals surface area contributed by atoms with E-state index in [-0.39, 0.29) is 0 Å². The van der Waals surface area contributed by atoms with Gasteiger partial charge in [0.2, 0.25) is 0 Å². The molecule has 0 aliphatic heterocycles. The Morgan fingerprint density at radius 2 is 1.89 bits per heavy atom. The lowest BCUT2D eigenvalue weighted by Gasteiger charge is -2.10. The predicted octanol–water partition coefficient (Wildman–Crippen LogP) is 3.84. The van der Waals surface area contributed by atoms with Gasteiger partial charge < -0.3 is 0 Å². The average molecular weight is 374 g/mol. The van der Waals surface area contributed by atoms with Crippen molar-refractivity contribution in [1.29, 1.82) is 0 Å². The van der Waals surface area contributed by atoms with Crippen LogP contribution in [0.1, 0.15) is 36.8 Å². The minimum absolute atomic E-state index is 0.341. The molecule has 18 heavy (non-hydrogen) atoms. The van der Waals surface area contributed by atoms with Crippen LogP contribution in [0.2, 0.25) is 5.15 Å². The van der Waals surface area contributed by atoms with E-state index in [1.807, 2.05) is 12.1 Å². The molecule has 2 aromatic rings. The topological polar surface area (TPSA) is 38.7 Å². The van der Waals surface area contributed by atoms with E-state index in [2.05, 4.69) is 51.4 Å². The summed E-state index contributed by atoms with van der Waals surface area (Å²) in [6, 6.07) is 3.93. The van der Waals surface area contributed by atoms with Crippen LogP contribution in [-0.4, -0.2) is 15.0 Å². The van der Waals surface area contributed by atoms with Crippen LogP contribution in [0, 0.1) is 3.57 Å².